The highest BCUT2D eigenvalue weighted by atomic mass is 16.5. The Morgan fingerprint density at radius 2 is 1.96 bits per heavy atom. The molecule has 3 heterocycles. The van der Waals surface area contributed by atoms with Crippen LogP contribution in [0.25, 0.3) is 0 Å². The van der Waals surface area contributed by atoms with Gasteiger partial charge >= 0.3 is 18.0 Å². The Bertz CT molecular complexity index is 879. The third-order valence-electron chi connectivity index (χ3n) is 3.90. The summed E-state index contributed by atoms with van der Waals surface area (Å²) >= 11 is 0. The Balaban J connectivity index is 1.90. The van der Waals surface area contributed by atoms with E-state index in [2.05, 4.69) is 10.6 Å². The normalized spacial score (nSPS) is 16.5. The fraction of sp³-hybridized carbons (Fsp3) is 0.278. The highest BCUT2D eigenvalue weighted by molar-refractivity contribution is 5.95. The van der Waals surface area contributed by atoms with Gasteiger partial charge in [-0.25, -0.2) is 14.4 Å². The molecule has 0 saturated carbocycles. The molecule has 142 valence electrons. The summed E-state index contributed by atoms with van der Waals surface area (Å²) in [7, 11) is 0. The van der Waals surface area contributed by atoms with Crippen LogP contribution in [0.15, 0.2) is 50.8 Å². The molecule has 1 atom stereocenters. The number of nitrogens with one attached hydrogen (secondary N) is 2. The van der Waals surface area contributed by atoms with Crippen LogP contribution in [0.1, 0.15) is 34.8 Å². The number of ether oxygens (including phenoxy) is 2. The lowest BCUT2D eigenvalue weighted by Gasteiger charge is -2.27. The van der Waals surface area contributed by atoms with Crippen molar-refractivity contribution in [3.8, 4) is 0 Å². The third-order valence-corrected chi connectivity index (χ3v) is 3.90. The number of carbonyl (C=O) groups excluding carboxylic acids is 3. The van der Waals surface area contributed by atoms with Gasteiger partial charge in [-0.15, -0.1) is 0 Å². The molecule has 2 amide bonds. The zero-order chi connectivity index (χ0) is 19.4. The third kappa shape index (κ3) is 3.86. The van der Waals surface area contributed by atoms with Crippen LogP contribution in [0.3, 0.4) is 0 Å². The van der Waals surface area contributed by atoms with Gasteiger partial charge < -0.3 is 28.9 Å². The minimum atomic E-state index is -0.864. The van der Waals surface area contributed by atoms with Crippen LogP contribution in [0.4, 0.5) is 4.79 Å². The van der Waals surface area contributed by atoms with Crippen LogP contribution < -0.4 is 10.6 Å². The van der Waals surface area contributed by atoms with Gasteiger partial charge in [-0.05, 0) is 32.0 Å². The van der Waals surface area contributed by atoms with E-state index in [4.69, 9.17) is 18.3 Å². The Labute approximate surface area is 154 Å². The molecule has 0 saturated heterocycles. The Morgan fingerprint density at radius 1 is 1.15 bits per heavy atom. The van der Waals surface area contributed by atoms with Crippen LogP contribution in [0.5, 0.6) is 0 Å². The van der Waals surface area contributed by atoms with Crippen molar-refractivity contribution in [1.82, 2.24) is 10.6 Å². The van der Waals surface area contributed by atoms with Gasteiger partial charge in [0.2, 0.25) is 0 Å². The second-order valence-electron chi connectivity index (χ2n) is 5.63. The smallest absolute Gasteiger partial charge is 0.342 e. The van der Waals surface area contributed by atoms with E-state index >= 15 is 0 Å². The van der Waals surface area contributed by atoms with E-state index in [0.717, 1.165) is 0 Å². The van der Waals surface area contributed by atoms with Crippen LogP contribution in [-0.4, -0.2) is 31.2 Å². The molecule has 0 spiro atoms. The molecule has 0 fully saturated rings. The fourth-order valence-corrected chi connectivity index (χ4v) is 2.66. The average molecular weight is 374 g/mol. The van der Waals surface area contributed by atoms with Gasteiger partial charge in [0.05, 0.1) is 30.4 Å². The summed E-state index contributed by atoms with van der Waals surface area (Å²) in [5.41, 5.74) is 0.479. The van der Waals surface area contributed by atoms with Crippen LogP contribution in [-0.2, 0) is 14.3 Å². The standard InChI is InChI=1S/C18H18N2O7/c1-3-24-17(22)14-12(9-27-16(21)11-6-8-25-10(11)2)19-18(23)20-15(14)13-5-4-7-26-13/h4-8,15H,3,9H2,1-2H3,(H2,19,20,23). The minimum Gasteiger partial charge on any atom is -0.469 e. The SMILES string of the molecule is CCOC(=O)C1=C(COC(=O)c2ccoc2C)NC(=O)NC1c1ccco1. The van der Waals surface area contributed by atoms with Crippen LogP contribution >= 0.6 is 0 Å². The van der Waals surface area contributed by atoms with Crippen molar-refractivity contribution < 1.29 is 32.7 Å². The van der Waals surface area contributed by atoms with Crippen molar-refractivity contribution in [2.45, 2.75) is 19.9 Å². The topological polar surface area (TPSA) is 120 Å². The number of aryl methyl sites for hydroxylation is 1. The molecule has 0 aromatic carbocycles. The molecular formula is C18H18N2O7. The Hall–Kier alpha value is -3.49. The fourth-order valence-electron chi connectivity index (χ4n) is 2.66. The van der Waals surface area contributed by atoms with Gasteiger partial charge in [-0.3, -0.25) is 0 Å². The summed E-state index contributed by atoms with van der Waals surface area (Å²) in [5, 5.41) is 5.10. The molecule has 2 aromatic rings. The molecule has 3 rings (SSSR count). The molecule has 1 aliphatic heterocycles. The lowest BCUT2D eigenvalue weighted by Crippen LogP contribution is -2.47. The predicted octanol–water partition coefficient (Wildman–Crippen LogP) is 2.21. The Kier molecular flexibility index (Phi) is 5.30. The number of hydrogen-bond donors (Lipinski definition) is 2. The number of carbonyl (C=O) groups is 3. The highest BCUT2D eigenvalue weighted by Crippen LogP contribution is 2.28. The van der Waals surface area contributed by atoms with Crippen molar-refractivity contribution in [3.63, 3.8) is 0 Å². The molecule has 2 aromatic heterocycles. The number of urea groups is 1. The van der Waals surface area contributed by atoms with Crippen molar-refractivity contribution >= 4 is 18.0 Å². The minimum absolute atomic E-state index is 0.100. The lowest BCUT2D eigenvalue weighted by molar-refractivity contribution is -0.139. The van der Waals surface area contributed by atoms with E-state index in [1.807, 2.05) is 0 Å². The molecule has 0 bridgehead atoms. The molecule has 9 heteroatoms. The van der Waals surface area contributed by atoms with Gasteiger partial charge in [-0.1, -0.05) is 0 Å². The Morgan fingerprint density at radius 3 is 2.59 bits per heavy atom. The first kappa shape index (κ1) is 18.3. The summed E-state index contributed by atoms with van der Waals surface area (Å²) in [5.74, 6) is -0.541. The summed E-state index contributed by atoms with van der Waals surface area (Å²) in [6, 6.07) is 3.30. The van der Waals surface area contributed by atoms with Crippen molar-refractivity contribution in [2.24, 2.45) is 0 Å². The molecule has 0 radical (unpaired) electrons. The number of amides is 2. The number of hydrogen-bond acceptors (Lipinski definition) is 7. The molecule has 27 heavy (non-hydrogen) atoms. The first-order chi connectivity index (χ1) is 13.0. The van der Waals surface area contributed by atoms with Crippen molar-refractivity contribution in [3.05, 3.63) is 59.1 Å². The number of esters is 2. The second kappa shape index (κ2) is 7.81. The van der Waals surface area contributed by atoms with E-state index < -0.39 is 24.0 Å². The largest absolute Gasteiger partial charge is 0.469 e. The van der Waals surface area contributed by atoms with Gasteiger partial charge in [-0.2, -0.15) is 0 Å². The molecule has 1 unspecified atom stereocenters. The second-order valence-corrected chi connectivity index (χ2v) is 5.63. The van der Waals surface area contributed by atoms with Gasteiger partial charge in [0.15, 0.2) is 0 Å². The number of furan rings is 2. The van der Waals surface area contributed by atoms with Crippen molar-refractivity contribution in [1.29, 1.82) is 0 Å². The first-order valence-electron chi connectivity index (χ1n) is 8.23. The predicted molar refractivity (Wildman–Crippen MR) is 90.5 cm³/mol. The summed E-state index contributed by atoms with van der Waals surface area (Å²) in [6.07, 6.45) is 2.79. The molecule has 2 N–H and O–H groups in total. The zero-order valence-corrected chi connectivity index (χ0v) is 14.7. The maximum Gasteiger partial charge on any atom is 0.342 e. The monoisotopic (exact) mass is 374 g/mol. The molecule has 9 nitrogen and oxygen atoms in total. The van der Waals surface area contributed by atoms with Gasteiger partial charge in [0.1, 0.15) is 29.7 Å². The zero-order valence-electron chi connectivity index (χ0n) is 14.7. The highest BCUT2D eigenvalue weighted by Gasteiger charge is 2.35. The van der Waals surface area contributed by atoms with E-state index in [9.17, 15) is 14.4 Å². The molecule has 1 aliphatic rings. The van der Waals surface area contributed by atoms with E-state index in [1.54, 1.807) is 26.0 Å². The first-order valence-corrected chi connectivity index (χ1v) is 8.23. The van der Waals surface area contributed by atoms with Crippen LogP contribution in [0, 0.1) is 6.92 Å². The van der Waals surface area contributed by atoms with Gasteiger partial charge in [0, 0.05) is 0 Å². The van der Waals surface area contributed by atoms with E-state index in [0.29, 0.717) is 11.5 Å². The molecular weight excluding hydrogens is 356 g/mol. The quantitative estimate of drug-likeness (QED) is 0.744. The van der Waals surface area contributed by atoms with Crippen molar-refractivity contribution in [2.75, 3.05) is 13.2 Å². The molecule has 0 aliphatic carbocycles. The average Bonchev–Trinajstić information content (AvgIpc) is 3.30. The van der Waals surface area contributed by atoms with E-state index in [-0.39, 0.29) is 30.0 Å². The number of rotatable bonds is 6. The summed E-state index contributed by atoms with van der Waals surface area (Å²) in [6.45, 7) is 3.10. The summed E-state index contributed by atoms with van der Waals surface area (Å²) < 4.78 is 20.7. The maximum atomic E-state index is 12.5. The lowest BCUT2D eigenvalue weighted by atomic mass is 10.0. The van der Waals surface area contributed by atoms with Gasteiger partial charge in [0.25, 0.3) is 0 Å². The van der Waals surface area contributed by atoms with E-state index in [1.165, 1.54) is 18.6 Å². The van der Waals surface area contributed by atoms with Crippen LogP contribution in [0.2, 0.25) is 0 Å². The summed E-state index contributed by atoms with van der Waals surface area (Å²) in [4.78, 5) is 36.7. The maximum absolute atomic E-state index is 12.5.